The number of ether oxygens (including phenoxy) is 2. The molecular weight excluding hydrogens is 645 g/mol. The number of nitrogens with one attached hydrogen (secondary N) is 3. The first-order valence-electron chi connectivity index (χ1n) is 14.5. The molecule has 1 aliphatic heterocycles. The number of aromatic nitrogens is 5. The molecule has 3 N–H and O–H groups in total. The number of carbonyl (C=O) groups is 3. The quantitative estimate of drug-likeness (QED) is 0.205. The Morgan fingerprint density at radius 1 is 1.02 bits per heavy atom. The first-order chi connectivity index (χ1) is 22.5. The number of anilines is 2. The summed E-state index contributed by atoms with van der Waals surface area (Å²) in [5.41, 5.74) is -0.518. The molecule has 0 unspecified atom stereocenters. The van der Waals surface area contributed by atoms with Crippen LogP contribution in [-0.4, -0.2) is 55.4 Å². The van der Waals surface area contributed by atoms with Gasteiger partial charge in [0.1, 0.15) is 40.1 Å². The van der Waals surface area contributed by atoms with Gasteiger partial charge in [0.25, 0.3) is 11.5 Å². The van der Waals surface area contributed by atoms with E-state index in [1.165, 1.54) is 29.2 Å². The Morgan fingerprint density at radius 2 is 1.81 bits per heavy atom. The maximum Gasteiger partial charge on any atom is 0.413 e. The Morgan fingerprint density at radius 3 is 2.55 bits per heavy atom. The first kappa shape index (κ1) is 31.9. The highest BCUT2D eigenvalue weighted by atomic mass is 32.1. The molecular formula is C31H30N8O6S2. The van der Waals surface area contributed by atoms with Gasteiger partial charge in [0.2, 0.25) is 10.9 Å². The summed E-state index contributed by atoms with van der Waals surface area (Å²) in [4.78, 5) is 61.7. The van der Waals surface area contributed by atoms with E-state index in [0.29, 0.717) is 10.8 Å². The predicted molar refractivity (Wildman–Crippen MR) is 177 cm³/mol. The Labute approximate surface area is 276 Å². The van der Waals surface area contributed by atoms with Gasteiger partial charge in [-0.2, -0.15) is 0 Å². The largest absolute Gasteiger partial charge is 0.444 e. The second-order valence-electron chi connectivity index (χ2n) is 11.6. The smallest absolute Gasteiger partial charge is 0.413 e. The van der Waals surface area contributed by atoms with Gasteiger partial charge in [-0.1, -0.05) is 41.7 Å². The number of thiophene rings is 1. The number of nitrogens with zero attached hydrogens (tertiary/aromatic N) is 5. The predicted octanol–water partition coefficient (Wildman–Crippen LogP) is 4.92. The minimum absolute atomic E-state index is 0.0732. The molecule has 1 aromatic carbocycles. The second-order valence-corrected chi connectivity index (χ2v) is 13.7. The van der Waals surface area contributed by atoms with Crippen molar-refractivity contribution in [2.75, 3.05) is 17.7 Å². The van der Waals surface area contributed by atoms with Crippen LogP contribution < -0.4 is 21.5 Å². The lowest BCUT2D eigenvalue weighted by atomic mass is 10.1. The van der Waals surface area contributed by atoms with Crippen LogP contribution in [0.3, 0.4) is 0 Å². The lowest BCUT2D eigenvalue weighted by Gasteiger charge is -2.19. The summed E-state index contributed by atoms with van der Waals surface area (Å²) < 4.78 is 12.9. The van der Waals surface area contributed by atoms with Crippen molar-refractivity contribution in [3.8, 4) is 10.6 Å². The standard InChI is InChI=1S/C31H30N8O6S2/c1-31(2,3)45-30(43)36-23-12-22-17(13-32-23)10-18(46-22)14-34-25(40)20-11-21(44-4)24-33-15-19(29(42)39(20)24)35-26(41)28-38-37-27(47-28)16-8-6-5-7-9-16/h5-10,12-13,15,20-21H,11,14H2,1-4H3,(H,34,40)(H,35,41)(H,32,36,43)/t20-,21+/m0/s1. The zero-order valence-corrected chi connectivity index (χ0v) is 27.4. The van der Waals surface area contributed by atoms with Crippen LogP contribution in [0.2, 0.25) is 0 Å². The fourth-order valence-electron chi connectivity index (χ4n) is 4.98. The lowest BCUT2D eigenvalue weighted by molar-refractivity contribution is -0.124. The molecule has 0 radical (unpaired) electrons. The van der Waals surface area contributed by atoms with E-state index in [-0.39, 0.29) is 29.5 Å². The summed E-state index contributed by atoms with van der Waals surface area (Å²) in [6.45, 7) is 5.51. The zero-order chi connectivity index (χ0) is 33.3. The van der Waals surface area contributed by atoms with Crippen LogP contribution in [0.15, 0.2) is 59.7 Å². The Hall–Kier alpha value is -5.06. The summed E-state index contributed by atoms with van der Waals surface area (Å²) in [7, 11) is 1.48. The van der Waals surface area contributed by atoms with Crippen molar-refractivity contribution >= 4 is 62.2 Å². The van der Waals surface area contributed by atoms with Gasteiger partial charge in [0.15, 0.2) is 0 Å². The number of hydrogen-bond donors (Lipinski definition) is 3. The fourth-order valence-corrected chi connectivity index (χ4v) is 6.74. The van der Waals surface area contributed by atoms with E-state index in [0.717, 1.165) is 31.9 Å². The van der Waals surface area contributed by atoms with E-state index in [4.69, 9.17) is 9.47 Å². The van der Waals surface area contributed by atoms with Gasteiger partial charge in [0, 0.05) is 40.3 Å². The molecule has 2 atom stereocenters. The van der Waals surface area contributed by atoms with Crippen molar-refractivity contribution in [2.45, 2.75) is 51.5 Å². The third-order valence-electron chi connectivity index (χ3n) is 7.05. The highest BCUT2D eigenvalue weighted by molar-refractivity contribution is 7.19. The molecule has 14 nitrogen and oxygen atoms in total. The summed E-state index contributed by atoms with van der Waals surface area (Å²) in [5, 5.41) is 17.6. The molecule has 1 aliphatic rings. The molecule has 0 saturated carbocycles. The number of pyridine rings is 1. The van der Waals surface area contributed by atoms with Gasteiger partial charge in [-0.3, -0.25) is 24.3 Å². The summed E-state index contributed by atoms with van der Waals surface area (Å²) in [6, 6.07) is 12.0. The average molecular weight is 675 g/mol. The molecule has 242 valence electrons. The lowest BCUT2D eigenvalue weighted by Crippen LogP contribution is -2.36. The number of fused-ring (bicyclic) bond motifs is 2. The molecule has 0 saturated heterocycles. The van der Waals surface area contributed by atoms with Crippen LogP contribution in [0.1, 0.15) is 59.8 Å². The van der Waals surface area contributed by atoms with Crippen molar-refractivity contribution in [3.05, 3.63) is 80.9 Å². The molecule has 5 aromatic rings. The van der Waals surface area contributed by atoms with Crippen LogP contribution in [0.5, 0.6) is 0 Å². The van der Waals surface area contributed by atoms with Gasteiger partial charge in [0.05, 0.1) is 12.7 Å². The first-order valence-corrected chi connectivity index (χ1v) is 16.1. The molecule has 6 rings (SSSR count). The fraction of sp³-hybridized carbons (Fsp3) is 0.290. The molecule has 0 aliphatic carbocycles. The molecule has 0 bridgehead atoms. The van der Waals surface area contributed by atoms with Crippen LogP contribution in [0.25, 0.3) is 20.7 Å². The van der Waals surface area contributed by atoms with Crippen molar-refractivity contribution in [3.63, 3.8) is 0 Å². The van der Waals surface area contributed by atoms with Crippen LogP contribution >= 0.6 is 22.7 Å². The third kappa shape index (κ3) is 7.03. The molecule has 0 fully saturated rings. The highest BCUT2D eigenvalue weighted by Gasteiger charge is 2.38. The second kappa shape index (κ2) is 13.0. The highest BCUT2D eigenvalue weighted by Crippen LogP contribution is 2.35. The van der Waals surface area contributed by atoms with Crippen LogP contribution in [-0.2, 0) is 20.8 Å². The Balaban J connectivity index is 1.15. The van der Waals surface area contributed by atoms with Crippen molar-refractivity contribution in [2.24, 2.45) is 0 Å². The van der Waals surface area contributed by atoms with E-state index in [9.17, 15) is 19.2 Å². The monoisotopic (exact) mass is 674 g/mol. The SMILES string of the molecule is CO[C@@H]1C[C@@H](C(=O)NCc2cc3cnc(NC(=O)OC(C)(C)C)cc3s2)n2c1ncc(NC(=O)c1nnc(-c3ccccc3)s1)c2=O. The Kier molecular flexibility index (Phi) is 8.81. The van der Waals surface area contributed by atoms with Gasteiger partial charge < -0.3 is 20.1 Å². The number of carbonyl (C=O) groups excluding carboxylic acids is 3. The normalized spacial score (nSPS) is 15.7. The van der Waals surface area contributed by atoms with E-state index in [1.54, 1.807) is 33.0 Å². The van der Waals surface area contributed by atoms with Crippen molar-refractivity contribution in [1.82, 2.24) is 30.0 Å². The molecule has 5 heterocycles. The number of methoxy groups -OCH3 is 1. The summed E-state index contributed by atoms with van der Waals surface area (Å²) in [5.74, 6) is -0.390. The topological polar surface area (TPSA) is 179 Å². The molecule has 3 amide bonds. The van der Waals surface area contributed by atoms with Crippen molar-refractivity contribution in [1.29, 1.82) is 0 Å². The van der Waals surface area contributed by atoms with Gasteiger partial charge in [-0.25, -0.2) is 14.8 Å². The van der Waals surface area contributed by atoms with Crippen LogP contribution in [0.4, 0.5) is 16.3 Å². The molecule has 0 spiro atoms. The minimum Gasteiger partial charge on any atom is -0.444 e. The molecule has 4 aromatic heterocycles. The minimum atomic E-state index is -0.918. The van der Waals surface area contributed by atoms with Gasteiger partial charge >= 0.3 is 6.09 Å². The van der Waals surface area contributed by atoms with Crippen LogP contribution in [0, 0.1) is 0 Å². The van der Waals surface area contributed by atoms with Crippen molar-refractivity contribution < 1.29 is 23.9 Å². The maximum atomic E-state index is 13.6. The number of amides is 3. The molecule has 47 heavy (non-hydrogen) atoms. The number of benzene rings is 1. The maximum absolute atomic E-state index is 13.6. The van der Waals surface area contributed by atoms with E-state index < -0.39 is 41.2 Å². The van der Waals surface area contributed by atoms with Gasteiger partial charge in [-0.15, -0.1) is 21.5 Å². The zero-order valence-electron chi connectivity index (χ0n) is 25.8. The van der Waals surface area contributed by atoms with E-state index >= 15 is 0 Å². The number of hydrogen-bond acceptors (Lipinski definition) is 12. The average Bonchev–Trinajstić information content (AvgIpc) is 3.78. The third-order valence-corrected chi connectivity index (χ3v) is 9.12. The van der Waals surface area contributed by atoms with E-state index in [2.05, 4.69) is 36.1 Å². The van der Waals surface area contributed by atoms with Gasteiger partial charge in [-0.05, 0) is 32.9 Å². The summed E-state index contributed by atoms with van der Waals surface area (Å²) in [6.07, 6.45) is 1.88. The summed E-state index contributed by atoms with van der Waals surface area (Å²) >= 11 is 2.52. The molecule has 16 heteroatoms. The Bertz CT molecular complexity index is 2030. The number of rotatable bonds is 8. The van der Waals surface area contributed by atoms with E-state index in [1.807, 2.05) is 36.4 Å².